The number of carbonyl (C=O) groups is 4. The Morgan fingerprint density at radius 2 is 1.91 bits per heavy atom. The van der Waals surface area contributed by atoms with Gasteiger partial charge in [0.2, 0.25) is 5.91 Å². The van der Waals surface area contributed by atoms with Crippen molar-refractivity contribution in [1.29, 1.82) is 0 Å². The lowest BCUT2D eigenvalue weighted by molar-refractivity contribution is -0.384. The molecule has 0 spiro atoms. The quantitative estimate of drug-likeness (QED) is 0.318. The topological polar surface area (TPSA) is 130 Å². The number of benzene rings is 2. The van der Waals surface area contributed by atoms with Gasteiger partial charge in [0, 0.05) is 28.8 Å². The molecule has 1 N–H and O–H groups in total. The normalized spacial score (nSPS) is 15.8. The van der Waals surface area contributed by atoms with Crippen molar-refractivity contribution in [3.8, 4) is 0 Å². The fourth-order valence-electron chi connectivity index (χ4n) is 3.12. The van der Waals surface area contributed by atoms with Crippen molar-refractivity contribution in [3.05, 3.63) is 81.4 Å². The Hall–Kier alpha value is -4.05. The van der Waals surface area contributed by atoms with Crippen LogP contribution < -0.4 is 10.3 Å². The minimum atomic E-state index is -1.30. The third-order valence-corrected chi connectivity index (χ3v) is 4.86. The van der Waals surface area contributed by atoms with Gasteiger partial charge in [-0.2, -0.15) is 0 Å². The number of nitro benzene ring substituents is 1. The standard InChI is InChI=1S/C21H17ClN4O6/c1-2-4-18(27)25(23-20(29)13-5-3-6-16(11-13)26(31)32)17-12-19(28)24(21(17)30)15-9-7-14(22)8-10-15/h2-11,17H,12H2,1H3,(H,23,29). The number of carbonyl (C=O) groups excluding carboxylic acids is 4. The van der Waals surface area contributed by atoms with E-state index in [0.29, 0.717) is 5.02 Å². The zero-order valence-electron chi connectivity index (χ0n) is 16.7. The first-order chi connectivity index (χ1) is 15.2. The number of nitrogens with one attached hydrogen (secondary N) is 1. The lowest BCUT2D eigenvalue weighted by atomic mass is 10.2. The first kappa shape index (κ1) is 22.6. The summed E-state index contributed by atoms with van der Waals surface area (Å²) in [5.74, 6) is -2.87. The molecule has 10 nitrogen and oxygen atoms in total. The van der Waals surface area contributed by atoms with Crippen LogP contribution in [0.2, 0.25) is 5.02 Å². The van der Waals surface area contributed by atoms with E-state index in [2.05, 4.69) is 5.43 Å². The van der Waals surface area contributed by atoms with E-state index in [1.807, 2.05) is 0 Å². The predicted octanol–water partition coefficient (Wildman–Crippen LogP) is 2.63. The second kappa shape index (κ2) is 9.40. The van der Waals surface area contributed by atoms with Gasteiger partial charge in [-0.15, -0.1) is 0 Å². The van der Waals surface area contributed by atoms with Gasteiger partial charge in [-0.05, 0) is 37.3 Å². The number of anilines is 1. The van der Waals surface area contributed by atoms with Crippen LogP contribution >= 0.6 is 11.6 Å². The van der Waals surface area contributed by atoms with E-state index in [1.165, 1.54) is 48.5 Å². The smallest absolute Gasteiger partial charge is 0.270 e. The first-order valence-corrected chi connectivity index (χ1v) is 9.74. The highest BCUT2D eigenvalue weighted by Crippen LogP contribution is 2.26. The van der Waals surface area contributed by atoms with E-state index in [4.69, 9.17) is 11.6 Å². The Balaban J connectivity index is 1.90. The van der Waals surface area contributed by atoms with Crippen molar-refractivity contribution in [2.75, 3.05) is 4.90 Å². The number of allylic oxidation sites excluding steroid dienone is 1. The Morgan fingerprint density at radius 3 is 2.53 bits per heavy atom. The molecule has 32 heavy (non-hydrogen) atoms. The third-order valence-electron chi connectivity index (χ3n) is 4.61. The minimum Gasteiger partial charge on any atom is -0.274 e. The third kappa shape index (κ3) is 4.65. The van der Waals surface area contributed by atoms with Gasteiger partial charge in [-0.3, -0.25) is 34.7 Å². The average Bonchev–Trinajstić information content (AvgIpc) is 3.06. The molecule has 0 bridgehead atoms. The summed E-state index contributed by atoms with van der Waals surface area (Å²) >= 11 is 5.85. The Kier molecular flexibility index (Phi) is 6.64. The van der Waals surface area contributed by atoms with Gasteiger partial charge in [0.05, 0.1) is 17.0 Å². The largest absolute Gasteiger partial charge is 0.274 e. The number of non-ortho nitro benzene ring substituents is 1. The van der Waals surface area contributed by atoms with E-state index in [1.54, 1.807) is 6.92 Å². The molecule has 0 saturated carbocycles. The lowest BCUT2D eigenvalue weighted by Gasteiger charge is -2.26. The molecule has 0 radical (unpaired) electrons. The van der Waals surface area contributed by atoms with Crippen LogP contribution in [0.1, 0.15) is 23.7 Å². The maximum absolute atomic E-state index is 13.0. The first-order valence-electron chi connectivity index (χ1n) is 9.36. The SMILES string of the molecule is CC=CC(=O)N(NC(=O)c1cccc([N+](=O)[O-])c1)C1CC(=O)N(c2ccc(Cl)cc2)C1=O. The summed E-state index contributed by atoms with van der Waals surface area (Å²) in [7, 11) is 0. The van der Waals surface area contributed by atoms with Crippen LogP contribution in [0.15, 0.2) is 60.7 Å². The Labute approximate surface area is 187 Å². The number of imide groups is 1. The molecule has 11 heteroatoms. The number of hydrogen-bond donors (Lipinski definition) is 1. The predicted molar refractivity (Wildman–Crippen MR) is 115 cm³/mol. The fourth-order valence-corrected chi connectivity index (χ4v) is 3.25. The van der Waals surface area contributed by atoms with Crippen LogP contribution in [0, 0.1) is 10.1 Å². The van der Waals surface area contributed by atoms with Crippen LogP contribution in [0.5, 0.6) is 0 Å². The summed E-state index contributed by atoms with van der Waals surface area (Å²) in [6.07, 6.45) is 2.17. The van der Waals surface area contributed by atoms with Gasteiger partial charge >= 0.3 is 0 Å². The summed E-state index contributed by atoms with van der Waals surface area (Å²) in [4.78, 5) is 62.1. The maximum atomic E-state index is 13.0. The van der Waals surface area contributed by atoms with Gasteiger partial charge in [-0.25, -0.2) is 9.91 Å². The highest BCUT2D eigenvalue weighted by molar-refractivity contribution is 6.31. The van der Waals surface area contributed by atoms with E-state index in [9.17, 15) is 29.3 Å². The molecule has 1 fully saturated rings. The number of amides is 4. The van der Waals surface area contributed by atoms with Crippen LogP contribution in [0.4, 0.5) is 11.4 Å². The molecule has 2 aromatic carbocycles. The van der Waals surface area contributed by atoms with Crippen molar-refractivity contribution in [2.45, 2.75) is 19.4 Å². The van der Waals surface area contributed by atoms with Crippen molar-refractivity contribution in [2.24, 2.45) is 0 Å². The zero-order valence-corrected chi connectivity index (χ0v) is 17.5. The highest BCUT2D eigenvalue weighted by Gasteiger charge is 2.45. The number of hydrazine groups is 1. The second-order valence-electron chi connectivity index (χ2n) is 6.72. The van der Waals surface area contributed by atoms with E-state index >= 15 is 0 Å². The van der Waals surface area contributed by atoms with E-state index in [0.717, 1.165) is 22.1 Å². The molecule has 1 heterocycles. The molecular weight excluding hydrogens is 440 g/mol. The van der Waals surface area contributed by atoms with Gasteiger partial charge in [0.25, 0.3) is 23.4 Å². The van der Waals surface area contributed by atoms with Crippen molar-refractivity contribution >= 4 is 46.6 Å². The van der Waals surface area contributed by atoms with E-state index in [-0.39, 0.29) is 23.4 Å². The number of halogens is 1. The van der Waals surface area contributed by atoms with E-state index < -0.39 is 34.6 Å². The molecule has 1 aliphatic rings. The molecule has 164 valence electrons. The van der Waals surface area contributed by atoms with Gasteiger partial charge in [-0.1, -0.05) is 23.7 Å². The lowest BCUT2D eigenvalue weighted by Crippen LogP contribution is -2.54. The van der Waals surface area contributed by atoms with Gasteiger partial charge in [0.15, 0.2) is 0 Å². The van der Waals surface area contributed by atoms with Crippen molar-refractivity contribution in [1.82, 2.24) is 10.4 Å². The summed E-state index contributed by atoms with van der Waals surface area (Å²) < 4.78 is 0. The number of rotatable bonds is 5. The second-order valence-corrected chi connectivity index (χ2v) is 7.16. The summed E-state index contributed by atoms with van der Waals surface area (Å²) in [5.41, 5.74) is 2.17. The Morgan fingerprint density at radius 1 is 1.22 bits per heavy atom. The number of nitrogens with zero attached hydrogens (tertiary/aromatic N) is 3. The number of hydrogen-bond acceptors (Lipinski definition) is 6. The van der Waals surface area contributed by atoms with Crippen LogP contribution in [-0.4, -0.2) is 39.6 Å². The molecule has 0 aliphatic carbocycles. The fraction of sp³-hybridized carbons (Fsp3) is 0.143. The zero-order chi connectivity index (χ0) is 23.4. The van der Waals surface area contributed by atoms with Crippen LogP contribution in [0.25, 0.3) is 0 Å². The van der Waals surface area contributed by atoms with Crippen molar-refractivity contribution in [3.63, 3.8) is 0 Å². The summed E-state index contributed by atoms with van der Waals surface area (Å²) in [6, 6.07) is 9.58. The van der Waals surface area contributed by atoms with Crippen LogP contribution in [-0.2, 0) is 14.4 Å². The maximum Gasteiger partial charge on any atom is 0.270 e. The molecule has 1 aliphatic heterocycles. The molecule has 1 saturated heterocycles. The average molecular weight is 457 g/mol. The summed E-state index contributed by atoms with van der Waals surface area (Å²) in [5, 5.41) is 12.2. The Bertz CT molecular complexity index is 1130. The van der Waals surface area contributed by atoms with Crippen LogP contribution in [0.3, 0.4) is 0 Å². The molecule has 3 rings (SSSR count). The number of nitro groups is 1. The molecule has 1 unspecified atom stereocenters. The molecule has 4 amide bonds. The molecular formula is C21H17ClN4O6. The molecule has 0 aromatic heterocycles. The molecule has 2 aromatic rings. The highest BCUT2D eigenvalue weighted by atomic mass is 35.5. The van der Waals surface area contributed by atoms with Gasteiger partial charge in [0.1, 0.15) is 6.04 Å². The summed E-state index contributed by atoms with van der Waals surface area (Å²) in [6.45, 7) is 1.57. The van der Waals surface area contributed by atoms with Crippen molar-refractivity contribution < 1.29 is 24.1 Å². The monoisotopic (exact) mass is 456 g/mol. The minimum absolute atomic E-state index is 0.0937. The molecule has 1 atom stereocenters. The van der Waals surface area contributed by atoms with Gasteiger partial charge < -0.3 is 0 Å².